The molecule has 8 N–H and O–H groups in total. The van der Waals surface area contributed by atoms with Gasteiger partial charge in [-0.3, -0.25) is 14.4 Å². The molecule has 0 heterocycles. The molecule has 0 radical (unpaired) electrons. The molecule has 0 bridgehead atoms. The average Bonchev–Trinajstić information content (AvgIpc) is 2.58. The summed E-state index contributed by atoms with van der Waals surface area (Å²) < 4.78 is 0. The normalized spacial score (nSPS) is 13.0. The summed E-state index contributed by atoms with van der Waals surface area (Å²) in [6, 6.07) is 5.31. The van der Waals surface area contributed by atoms with Gasteiger partial charge in [0.05, 0.1) is 18.6 Å². The van der Waals surface area contributed by atoms with Gasteiger partial charge >= 0.3 is 0 Å². The van der Waals surface area contributed by atoms with Gasteiger partial charge in [-0.05, 0) is 43.4 Å². The molecule has 0 aliphatic rings. The lowest BCUT2D eigenvalue weighted by Crippen LogP contribution is -2.44. The number of nitrogens with two attached hydrogens (primary N) is 3. The van der Waals surface area contributed by atoms with Gasteiger partial charge in [-0.15, -0.1) is 0 Å². The maximum absolute atomic E-state index is 12.0. The van der Waals surface area contributed by atoms with Crippen LogP contribution in [0.15, 0.2) is 24.3 Å². The molecule has 2 atom stereocenters. The first-order chi connectivity index (χ1) is 11.8. The number of carbonyl (C=O) groups is 3. The fourth-order valence-electron chi connectivity index (χ4n) is 2.27. The quantitative estimate of drug-likeness (QED) is 0.355. The van der Waals surface area contributed by atoms with Crippen LogP contribution in [-0.2, 0) is 20.8 Å². The minimum atomic E-state index is -0.765. The molecule has 0 saturated heterocycles. The molecule has 0 aromatic heterocycles. The van der Waals surface area contributed by atoms with Gasteiger partial charge in [0.15, 0.2) is 0 Å². The second kappa shape index (κ2) is 10.4. The van der Waals surface area contributed by atoms with Crippen molar-refractivity contribution in [3.05, 3.63) is 29.8 Å². The number of carbonyl (C=O) groups excluding carboxylic acids is 3. The van der Waals surface area contributed by atoms with Crippen LogP contribution in [0.1, 0.15) is 31.2 Å². The second-order valence-electron chi connectivity index (χ2n) is 5.96. The molecule has 0 saturated carbocycles. The van der Waals surface area contributed by atoms with E-state index in [1.165, 1.54) is 0 Å². The van der Waals surface area contributed by atoms with E-state index < -0.39 is 23.9 Å². The van der Waals surface area contributed by atoms with E-state index in [0.29, 0.717) is 32.1 Å². The fraction of sp³-hybridized carbons (Fsp3) is 0.471. The van der Waals surface area contributed by atoms with E-state index in [2.05, 4.69) is 5.32 Å². The number of aryl methyl sites for hydroxylation is 1. The Hall–Kier alpha value is -2.45. The largest absolute Gasteiger partial charge is 0.508 e. The van der Waals surface area contributed by atoms with Gasteiger partial charge in [-0.25, -0.2) is 0 Å². The molecule has 1 unspecified atom stereocenters. The predicted octanol–water partition coefficient (Wildman–Crippen LogP) is -0.680. The Bertz CT molecular complexity index is 589. The van der Waals surface area contributed by atoms with Crippen LogP contribution in [0.25, 0.3) is 0 Å². The molecule has 0 spiro atoms. The zero-order valence-electron chi connectivity index (χ0n) is 14.1. The zero-order chi connectivity index (χ0) is 18.8. The first kappa shape index (κ1) is 20.6. The van der Waals surface area contributed by atoms with Crippen molar-refractivity contribution in [2.24, 2.45) is 17.2 Å². The number of ketones is 1. The number of phenols is 1. The third kappa shape index (κ3) is 8.27. The fourth-order valence-corrected chi connectivity index (χ4v) is 2.27. The van der Waals surface area contributed by atoms with Crippen LogP contribution in [0, 0.1) is 0 Å². The van der Waals surface area contributed by atoms with Crippen molar-refractivity contribution in [1.29, 1.82) is 0 Å². The first-order valence-corrected chi connectivity index (χ1v) is 8.17. The van der Waals surface area contributed by atoms with Crippen LogP contribution >= 0.6 is 0 Å². The van der Waals surface area contributed by atoms with E-state index in [1.54, 1.807) is 24.3 Å². The summed E-state index contributed by atoms with van der Waals surface area (Å²) in [5.74, 6) is -0.962. The molecule has 2 amide bonds. The Kier molecular flexibility index (Phi) is 8.59. The van der Waals surface area contributed by atoms with Crippen LogP contribution in [0.4, 0.5) is 0 Å². The van der Waals surface area contributed by atoms with Gasteiger partial charge in [0.2, 0.25) is 11.8 Å². The highest BCUT2D eigenvalue weighted by Crippen LogP contribution is 2.12. The lowest BCUT2D eigenvalue weighted by Gasteiger charge is -2.14. The maximum atomic E-state index is 12.0. The number of hydrogen-bond acceptors (Lipinski definition) is 6. The standard InChI is InChI=1S/C17H26N4O4/c18-13(2-1-3-14(19)17(25)21-10-16(20)24)15(23)9-6-11-4-7-12(22)8-5-11/h4-5,7-8,13-14,22H,1-3,6,9-10,18-19H2,(H2,20,24)(H,21,25)/t13?,14-/m1/s1. The Morgan fingerprint density at radius 1 is 1.04 bits per heavy atom. The van der Waals surface area contributed by atoms with Crippen molar-refractivity contribution in [3.63, 3.8) is 0 Å². The highest BCUT2D eigenvalue weighted by Gasteiger charge is 2.17. The maximum Gasteiger partial charge on any atom is 0.237 e. The molecule has 1 aromatic rings. The van der Waals surface area contributed by atoms with Gasteiger partial charge in [0.1, 0.15) is 11.5 Å². The summed E-state index contributed by atoms with van der Waals surface area (Å²) in [7, 11) is 0. The molecular weight excluding hydrogens is 324 g/mol. The number of primary amides is 1. The minimum Gasteiger partial charge on any atom is -0.508 e. The lowest BCUT2D eigenvalue weighted by atomic mass is 9.99. The second-order valence-corrected chi connectivity index (χ2v) is 5.96. The predicted molar refractivity (Wildman–Crippen MR) is 93.4 cm³/mol. The topological polar surface area (TPSA) is 162 Å². The molecule has 138 valence electrons. The van der Waals surface area contributed by atoms with E-state index in [0.717, 1.165) is 5.56 Å². The third-order valence-corrected chi connectivity index (χ3v) is 3.81. The Labute approximate surface area is 146 Å². The van der Waals surface area contributed by atoms with Crippen molar-refractivity contribution in [2.45, 2.75) is 44.2 Å². The van der Waals surface area contributed by atoms with Gasteiger partial charge in [-0.2, -0.15) is 0 Å². The molecule has 25 heavy (non-hydrogen) atoms. The van der Waals surface area contributed by atoms with E-state index >= 15 is 0 Å². The summed E-state index contributed by atoms with van der Waals surface area (Å²) in [6.45, 7) is -0.248. The number of hydrogen-bond donors (Lipinski definition) is 5. The summed E-state index contributed by atoms with van der Waals surface area (Å²) in [5.41, 5.74) is 17.5. The van der Waals surface area contributed by atoms with Crippen LogP contribution in [0.5, 0.6) is 5.75 Å². The summed E-state index contributed by atoms with van der Waals surface area (Å²) >= 11 is 0. The van der Waals surface area contributed by atoms with Crippen molar-refractivity contribution < 1.29 is 19.5 Å². The van der Waals surface area contributed by atoms with E-state index in [9.17, 15) is 19.5 Å². The molecular formula is C17H26N4O4. The summed E-state index contributed by atoms with van der Waals surface area (Å²) in [6.07, 6.45) is 2.20. The van der Waals surface area contributed by atoms with Crippen LogP contribution < -0.4 is 22.5 Å². The first-order valence-electron chi connectivity index (χ1n) is 8.17. The van der Waals surface area contributed by atoms with E-state index in [4.69, 9.17) is 17.2 Å². The third-order valence-electron chi connectivity index (χ3n) is 3.81. The molecule has 0 aliphatic carbocycles. The van der Waals surface area contributed by atoms with Crippen LogP contribution in [-0.4, -0.2) is 41.3 Å². The van der Waals surface area contributed by atoms with Crippen molar-refractivity contribution in [1.82, 2.24) is 5.32 Å². The van der Waals surface area contributed by atoms with Gasteiger partial charge in [0.25, 0.3) is 0 Å². The number of amides is 2. The molecule has 0 fully saturated rings. The lowest BCUT2D eigenvalue weighted by molar-refractivity contribution is -0.125. The smallest absolute Gasteiger partial charge is 0.237 e. The summed E-state index contributed by atoms with van der Waals surface area (Å²) in [5, 5.41) is 11.5. The zero-order valence-corrected chi connectivity index (χ0v) is 14.1. The molecule has 8 nitrogen and oxygen atoms in total. The number of benzene rings is 1. The molecule has 8 heteroatoms. The molecule has 0 aliphatic heterocycles. The van der Waals surface area contributed by atoms with Crippen LogP contribution in [0.2, 0.25) is 0 Å². The number of rotatable bonds is 11. The van der Waals surface area contributed by atoms with Gasteiger partial charge < -0.3 is 27.6 Å². The van der Waals surface area contributed by atoms with Crippen LogP contribution in [0.3, 0.4) is 0 Å². The molecule has 1 rings (SSSR count). The molecule has 1 aromatic carbocycles. The van der Waals surface area contributed by atoms with E-state index in [-0.39, 0.29) is 18.1 Å². The van der Waals surface area contributed by atoms with Gasteiger partial charge in [-0.1, -0.05) is 12.1 Å². The summed E-state index contributed by atoms with van der Waals surface area (Å²) in [4.78, 5) is 34.2. The number of phenolic OH excluding ortho intramolecular Hbond substituents is 1. The van der Waals surface area contributed by atoms with Crippen molar-refractivity contribution >= 4 is 17.6 Å². The van der Waals surface area contributed by atoms with Crippen molar-refractivity contribution in [2.75, 3.05) is 6.54 Å². The van der Waals surface area contributed by atoms with Gasteiger partial charge in [0, 0.05) is 6.42 Å². The SMILES string of the molecule is NC(=O)CNC(=O)[C@H](N)CCCC(N)C(=O)CCc1ccc(O)cc1. The van der Waals surface area contributed by atoms with E-state index in [1.807, 2.05) is 0 Å². The Morgan fingerprint density at radius 2 is 1.64 bits per heavy atom. The highest BCUT2D eigenvalue weighted by atomic mass is 16.3. The number of nitrogens with one attached hydrogen (secondary N) is 1. The Balaban J connectivity index is 2.25. The highest BCUT2D eigenvalue weighted by molar-refractivity contribution is 5.86. The minimum absolute atomic E-state index is 0.0557. The average molecular weight is 350 g/mol. The van der Waals surface area contributed by atoms with Crippen molar-refractivity contribution in [3.8, 4) is 5.75 Å². The monoisotopic (exact) mass is 350 g/mol. The Morgan fingerprint density at radius 3 is 2.24 bits per heavy atom. The number of aromatic hydroxyl groups is 1. The number of Topliss-reactive ketones (excluding diaryl/α,β-unsaturated/α-hetero) is 1.